The largest absolute Gasteiger partial charge is 0.355 e. The molecule has 15 heavy (non-hydrogen) atoms. The molecule has 0 radical (unpaired) electrons. The fourth-order valence-corrected chi connectivity index (χ4v) is 1.55. The number of nitrogens with one attached hydrogen (secondary N) is 1. The molecule has 0 aliphatic heterocycles. The van der Waals surface area contributed by atoms with Crippen molar-refractivity contribution in [3.05, 3.63) is 34.9 Å². The summed E-state index contributed by atoms with van der Waals surface area (Å²) in [6.07, 6.45) is 0.466. The summed E-state index contributed by atoms with van der Waals surface area (Å²) < 4.78 is 0. The molecule has 0 heterocycles. The molecule has 1 aromatic rings. The van der Waals surface area contributed by atoms with Crippen LogP contribution >= 0.6 is 15.9 Å². The maximum Gasteiger partial charge on any atom is 0.224 e. The van der Waals surface area contributed by atoms with Gasteiger partial charge < -0.3 is 5.32 Å². The number of halogens is 1. The van der Waals surface area contributed by atoms with Gasteiger partial charge in [-0.25, -0.2) is 0 Å². The van der Waals surface area contributed by atoms with Crippen LogP contribution in [0.1, 0.15) is 16.7 Å². The molecule has 1 amide bonds. The van der Waals surface area contributed by atoms with Crippen molar-refractivity contribution < 1.29 is 4.79 Å². The Morgan fingerprint density at radius 2 is 2.07 bits per heavy atom. The van der Waals surface area contributed by atoms with Gasteiger partial charge in [-0.3, -0.25) is 4.79 Å². The molecule has 1 aromatic carbocycles. The van der Waals surface area contributed by atoms with Crippen LogP contribution in [0.25, 0.3) is 0 Å². The number of hydrogen-bond acceptors (Lipinski definition) is 1. The fraction of sp³-hybridized carbons (Fsp3) is 0.417. The maximum atomic E-state index is 11.4. The number of carbonyl (C=O) groups excluding carboxylic acids is 1. The van der Waals surface area contributed by atoms with Gasteiger partial charge in [-0.1, -0.05) is 34.1 Å². The summed E-state index contributed by atoms with van der Waals surface area (Å²) in [5, 5.41) is 3.63. The fourth-order valence-electron chi connectivity index (χ4n) is 1.35. The lowest BCUT2D eigenvalue weighted by molar-refractivity contribution is -0.120. The highest BCUT2D eigenvalue weighted by Crippen LogP contribution is 2.10. The summed E-state index contributed by atoms with van der Waals surface area (Å²) in [6, 6.07) is 6.14. The molecule has 0 saturated carbocycles. The zero-order valence-electron chi connectivity index (χ0n) is 9.14. The van der Waals surface area contributed by atoms with E-state index >= 15 is 0 Å². The number of amides is 1. The summed E-state index contributed by atoms with van der Waals surface area (Å²) >= 11 is 3.27. The Kier molecular flexibility index (Phi) is 4.82. The SMILES string of the molecule is Cc1ccc(CC(=O)NCCBr)cc1C. The van der Waals surface area contributed by atoms with Crippen molar-refractivity contribution in [2.24, 2.45) is 0 Å². The van der Waals surface area contributed by atoms with E-state index in [9.17, 15) is 4.79 Å². The predicted octanol–water partition coefficient (Wildman–Crippen LogP) is 2.36. The lowest BCUT2D eigenvalue weighted by Gasteiger charge is -2.05. The monoisotopic (exact) mass is 269 g/mol. The highest BCUT2D eigenvalue weighted by atomic mass is 79.9. The van der Waals surface area contributed by atoms with E-state index < -0.39 is 0 Å². The molecule has 0 spiro atoms. The molecule has 1 rings (SSSR count). The number of rotatable bonds is 4. The molecule has 0 unspecified atom stereocenters. The summed E-state index contributed by atoms with van der Waals surface area (Å²) in [4.78, 5) is 11.4. The first-order valence-electron chi connectivity index (χ1n) is 5.02. The topological polar surface area (TPSA) is 29.1 Å². The normalized spacial score (nSPS) is 10.1. The average molecular weight is 270 g/mol. The minimum Gasteiger partial charge on any atom is -0.355 e. The summed E-state index contributed by atoms with van der Waals surface area (Å²) in [5.74, 6) is 0.0812. The molecular weight excluding hydrogens is 254 g/mol. The molecule has 0 aromatic heterocycles. The van der Waals surface area contributed by atoms with E-state index in [-0.39, 0.29) is 5.91 Å². The second-order valence-corrected chi connectivity index (χ2v) is 4.43. The summed E-state index contributed by atoms with van der Waals surface area (Å²) in [6.45, 7) is 4.82. The van der Waals surface area contributed by atoms with Crippen molar-refractivity contribution >= 4 is 21.8 Å². The standard InChI is InChI=1S/C12H16BrNO/c1-9-3-4-11(7-10(9)2)8-12(15)14-6-5-13/h3-4,7H,5-6,8H2,1-2H3,(H,14,15). The first kappa shape index (κ1) is 12.2. The quantitative estimate of drug-likeness (QED) is 0.836. The molecule has 0 saturated heterocycles. The molecular formula is C12H16BrNO. The predicted molar refractivity (Wildman–Crippen MR) is 66.4 cm³/mol. The second kappa shape index (κ2) is 5.91. The van der Waals surface area contributed by atoms with Crippen molar-refractivity contribution in [2.75, 3.05) is 11.9 Å². The van der Waals surface area contributed by atoms with Crippen LogP contribution in [-0.4, -0.2) is 17.8 Å². The Labute approximate surface area is 99.2 Å². The van der Waals surface area contributed by atoms with Crippen LogP contribution in [0.2, 0.25) is 0 Å². The molecule has 1 N–H and O–H groups in total. The lowest BCUT2D eigenvalue weighted by Crippen LogP contribution is -2.26. The van der Waals surface area contributed by atoms with Crippen molar-refractivity contribution in [1.82, 2.24) is 5.32 Å². The van der Waals surface area contributed by atoms with Crippen LogP contribution in [0.5, 0.6) is 0 Å². The van der Waals surface area contributed by atoms with E-state index in [4.69, 9.17) is 0 Å². The number of alkyl halides is 1. The van der Waals surface area contributed by atoms with E-state index in [0.717, 1.165) is 10.9 Å². The molecule has 82 valence electrons. The molecule has 0 aliphatic carbocycles. The Hall–Kier alpha value is -0.830. The number of carbonyl (C=O) groups is 1. The third-order valence-corrected chi connectivity index (χ3v) is 2.75. The van der Waals surface area contributed by atoms with E-state index in [1.54, 1.807) is 0 Å². The van der Waals surface area contributed by atoms with Gasteiger partial charge in [-0.05, 0) is 30.5 Å². The van der Waals surface area contributed by atoms with Crippen molar-refractivity contribution in [2.45, 2.75) is 20.3 Å². The third-order valence-electron chi connectivity index (χ3n) is 2.35. The van der Waals surface area contributed by atoms with Crippen LogP contribution in [-0.2, 0) is 11.2 Å². The minimum absolute atomic E-state index is 0.0812. The van der Waals surface area contributed by atoms with Crippen LogP contribution < -0.4 is 5.32 Å². The number of benzene rings is 1. The Bertz CT molecular complexity index is 349. The molecule has 0 atom stereocenters. The second-order valence-electron chi connectivity index (χ2n) is 3.63. The number of aryl methyl sites for hydroxylation is 2. The van der Waals surface area contributed by atoms with E-state index in [1.807, 2.05) is 6.07 Å². The maximum absolute atomic E-state index is 11.4. The zero-order chi connectivity index (χ0) is 11.3. The Morgan fingerprint density at radius 3 is 2.67 bits per heavy atom. The van der Waals surface area contributed by atoms with E-state index in [2.05, 4.69) is 47.2 Å². The van der Waals surface area contributed by atoms with Gasteiger partial charge in [0.05, 0.1) is 6.42 Å². The van der Waals surface area contributed by atoms with Gasteiger partial charge in [0.25, 0.3) is 0 Å². The minimum atomic E-state index is 0.0812. The van der Waals surface area contributed by atoms with Gasteiger partial charge in [0.15, 0.2) is 0 Å². The molecule has 0 bridgehead atoms. The lowest BCUT2D eigenvalue weighted by atomic mass is 10.0. The van der Waals surface area contributed by atoms with Crippen molar-refractivity contribution in [3.63, 3.8) is 0 Å². The van der Waals surface area contributed by atoms with Crippen LogP contribution in [0.3, 0.4) is 0 Å². The average Bonchev–Trinajstić information content (AvgIpc) is 2.20. The van der Waals surface area contributed by atoms with Crippen molar-refractivity contribution in [1.29, 1.82) is 0 Å². The smallest absolute Gasteiger partial charge is 0.224 e. The third kappa shape index (κ3) is 4.04. The van der Waals surface area contributed by atoms with Gasteiger partial charge in [0, 0.05) is 11.9 Å². The summed E-state index contributed by atoms with van der Waals surface area (Å²) in [5.41, 5.74) is 3.57. The van der Waals surface area contributed by atoms with E-state index in [0.29, 0.717) is 13.0 Å². The highest BCUT2D eigenvalue weighted by molar-refractivity contribution is 9.09. The van der Waals surface area contributed by atoms with Gasteiger partial charge in [0.2, 0.25) is 5.91 Å². The van der Waals surface area contributed by atoms with Crippen molar-refractivity contribution in [3.8, 4) is 0 Å². The molecule has 2 nitrogen and oxygen atoms in total. The van der Waals surface area contributed by atoms with Crippen LogP contribution in [0, 0.1) is 13.8 Å². The van der Waals surface area contributed by atoms with Gasteiger partial charge in [0.1, 0.15) is 0 Å². The van der Waals surface area contributed by atoms with Gasteiger partial charge in [-0.15, -0.1) is 0 Å². The highest BCUT2D eigenvalue weighted by Gasteiger charge is 2.03. The Balaban J connectivity index is 2.57. The van der Waals surface area contributed by atoms with Gasteiger partial charge >= 0.3 is 0 Å². The van der Waals surface area contributed by atoms with Crippen LogP contribution in [0.15, 0.2) is 18.2 Å². The zero-order valence-corrected chi connectivity index (χ0v) is 10.7. The molecule has 0 fully saturated rings. The van der Waals surface area contributed by atoms with Gasteiger partial charge in [-0.2, -0.15) is 0 Å². The number of hydrogen-bond donors (Lipinski definition) is 1. The molecule has 0 aliphatic rings. The van der Waals surface area contributed by atoms with Crippen LogP contribution in [0.4, 0.5) is 0 Å². The first-order valence-corrected chi connectivity index (χ1v) is 6.14. The van der Waals surface area contributed by atoms with E-state index in [1.165, 1.54) is 11.1 Å². The Morgan fingerprint density at radius 1 is 1.33 bits per heavy atom. The molecule has 3 heteroatoms. The summed E-state index contributed by atoms with van der Waals surface area (Å²) in [7, 11) is 0. The first-order chi connectivity index (χ1) is 7.13.